The third-order valence-corrected chi connectivity index (χ3v) is 3.14. The van der Waals surface area contributed by atoms with Gasteiger partial charge in [-0.25, -0.2) is 0 Å². The number of fused-ring (bicyclic) bond motifs is 1. The molecule has 1 aromatic rings. The highest BCUT2D eigenvalue weighted by atomic mass is 16.2. The van der Waals surface area contributed by atoms with Crippen molar-refractivity contribution in [1.29, 1.82) is 0 Å². The van der Waals surface area contributed by atoms with Crippen molar-refractivity contribution in [2.75, 3.05) is 0 Å². The minimum absolute atomic E-state index is 0.267. The molecule has 0 aliphatic carbocycles. The van der Waals surface area contributed by atoms with Crippen molar-refractivity contribution in [3.05, 3.63) is 35.4 Å². The molecule has 1 fully saturated rings. The van der Waals surface area contributed by atoms with Crippen molar-refractivity contribution in [2.45, 2.75) is 31.9 Å². The summed E-state index contributed by atoms with van der Waals surface area (Å²) in [5, 5.41) is 2.29. The Morgan fingerprint density at radius 2 is 1.88 bits per heavy atom. The van der Waals surface area contributed by atoms with E-state index in [0.717, 1.165) is 11.1 Å². The van der Waals surface area contributed by atoms with Gasteiger partial charge in [0.05, 0.1) is 6.04 Å². The number of benzene rings is 1. The van der Waals surface area contributed by atoms with Gasteiger partial charge in [0.2, 0.25) is 11.8 Å². The van der Waals surface area contributed by atoms with Crippen LogP contribution in [0.15, 0.2) is 24.3 Å². The van der Waals surface area contributed by atoms with E-state index < -0.39 is 25.0 Å². The largest absolute Gasteiger partial charge is 0.295 e. The molecule has 4 nitrogen and oxygen atoms in total. The van der Waals surface area contributed by atoms with Crippen molar-refractivity contribution < 1.29 is 12.3 Å². The van der Waals surface area contributed by atoms with Crippen molar-refractivity contribution in [3.63, 3.8) is 0 Å². The molecule has 0 spiro atoms. The van der Waals surface area contributed by atoms with Gasteiger partial charge in [-0.15, -0.1) is 0 Å². The number of nitrogens with one attached hydrogen (secondary N) is 1. The Morgan fingerprint density at radius 3 is 2.47 bits per heavy atom. The summed E-state index contributed by atoms with van der Waals surface area (Å²) in [5.41, 5.74) is 1.54. The Labute approximate surface area is 102 Å². The summed E-state index contributed by atoms with van der Waals surface area (Å²) in [6.45, 7) is -1.44. The van der Waals surface area contributed by atoms with E-state index in [1.807, 2.05) is 24.3 Å². The van der Waals surface area contributed by atoms with Crippen LogP contribution in [0.1, 0.15) is 26.7 Å². The number of piperidine rings is 1. The standard InChI is InChI=1S/C13H14N2O2/c16-12-6-5-11(13(17)14-12)15-7-9-3-1-2-4-10(9)8-15/h1-4,11H,5-8H2,(H,14,16,17)/i7D,8D. The first-order valence-corrected chi connectivity index (χ1v) is 5.64. The van der Waals surface area contributed by atoms with Gasteiger partial charge in [-0.05, 0) is 17.5 Å². The van der Waals surface area contributed by atoms with Crippen LogP contribution in [-0.4, -0.2) is 22.8 Å². The van der Waals surface area contributed by atoms with Crippen LogP contribution in [0.2, 0.25) is 0 Å². The van der Waals surface area contributed by atoms with Crippen molar-refractivity contribution in [1.82, 2.24) is 10.2 Å². The number of hydrogen-bond donors (Lipinski definition) is 1. The van der Waals surface area contributed by atoms with Gasteiger partial charge in [0.15, 0.2) is 0 Å². The van der Waals surface area contributed by atoms with Gasteiger partial charge < -0.3 is 0 Å². The van der Waals surface area contributed by atoms with Crippen LogP contribution in [0.3, 0.4) is 0 Å². The van der Waals surface area contributed by atoms with Gasteiger partial charge in [-0.3, -0.25) is 19.8 Å². The number of imide groups is 1. The summed E-state index contributed by atoms with van der Waals surface area (Å²) in [6.07, 6.45) is 0.645. The normalized spacial score (nSPS) is 34.9. The van der Waals surface area contributed by atoms with E-state index >= 15 is 0 Å². The first kappa shape index (κ1) is 8.42. The zero-order valence-electron chi connectivity index (χ0n) is 11.2. The van der Waals surface area contributed by atoms with Crippen LogP contribution in [0.5, 0.6) is 0 Å². The van der Waals surface area contributed by atoms with Crippen LogP contribution < -0.4 is 5.32 Å². The first-order valence-electron chi connectivity index (χ1n) is 6.79. The molecule has 3 rings (SSSR count). The molecule has 3 atom stereocenters. The fourth-order valence-electron chi connectivity index (χ4n) is 2.25. The Hall–Kier alpha value is -1.68. The molecular weight excluding hydrogens is 216 g/mol. The number of carbonyl (C=O) groups is 2. The molecule has 88 valence electrons. The topological polar surface area (TPSA) is 49.4 Å². The maximum atomic E-state index is 11.9. The molecule has 3 unspecified atom stereocenters. The molecule has 0 bridgehead atoms. The number of amides is 2. The number of nitrogens with zero attached hydrogens (tertiary/aromatic N) is 1. The van der Waals surface area contributed by atoms with Crippen molar-refractivity contribution >= 4 is 11.8 Å². The van der Waals surface area contributed by atoms with Crippen molar-refractivity contribution in [2.24, 2.45) is 0 Å². The minimum Gasteiger partial charge on any atom is -0.295 e. The van der Waals surface area contributed by atoms with Crippen molar-refractivity contribution in [3.8, 4) is 0 Å². The minimum atomic E-state index is -0.720. The van der Waals surface area contributed by atoms with Crippen LogP contribution in [-0.2, 0) is 22.6 Å². The summed E-state index contributed by atoms with van der Waals surface area (Å²) in [7, 11) is 0. The zero-order valence-corrected chi connectivity index (χ0v) is 9.22. The van der Waals surface area contributed by atoms with Crippen LogP contribution in [0, 0.1) is 0 Å². The average Bonchev–Trinajstić information content (AvgIpc) is 2.64. The lowest BCUT2D eigenvalue weighted by Crippen LogP contribution is -2.50. The molecule has 0 radical (unpaired) electrons. The van der Waals surface area contributed by atoms with Gasteiger partial charge in [0.1, 0.15) is 0 Å². The first-order chi connectivity index (χ1) is 9.09. The second-order valence-corrected chi connectivity index (χ2v) is 4.30. The Balaban J connectivity index is 1.91. The van der Waals surface area contributed by atoms with Gasteiger partial charge in [-0.1, -0.05) is 24.3 Å². The molecule has 1 N–H and O–H groups in total. The van der Waals surface area contributed by atoms with E-state index in [0.29, 0.717) is 6.42 Å². The summed E-state index contributed by atoms with van der Waals surface area (Å²) in [6, 6.07) is 6.73. The zero-order chi connectivity index (χ0) is 13.6. The molecule has 4 heteroatoms. The van der Waals surface area contributed by atoms with Gasteiger partial charge in [0.25, 0.3) is 0 Å². The monoisotopic (exact) mass is 232 g/mol. The fourth-order valence-corrected chi connectivity index (χ4v) is 2.25. The number of carbonyl (C=O) groups excluding carboxylic acids is 2. The maximum Gasteiger partial charge on any atom is 0.243 e. The highest BCUT2D eigenvalue weighted by molar-refractivity contribution is 6.00. The lowest BCUT2D eigenvalue weighted by atomic mass is 10.0. The molecule has 1 saturated heterocycles. The van der Waals surface area contributed by atoms with Crippen LogP contribution in [0.25, 0.3) is 0 Å². The SMILES string of the molecule is [2H]C1c2ccccc2C([2H])N1C1CCC(=O)NC1=O. The number of hydrogen-bond acceptors (Lipinski definition) is 3. The summed E-state index contributed by atoms with van der Waals surface area (Å²) in [4.78, 5) is 24.6. The van der Waals surface area contributed by atoms with E-state index in [4.69, 9.17) is 2.74 Å². The third-order valence-electron chi connectivity index (χ3n) is 3.14. The second-order valence-electron chi connectivity index (χ2n) is 4.30. The third kappa shape index (κ3) is 1.85. The summed E-state index contributed by atoms with van der Waals surface area (Å²) >= 11 is 0. The van der Waals surface area contributed by atoms with E-state index in [-0.39, 0.29) is 12.3 Å². The summed E-state index contributed by atoms with van der Waals surface area (Å²) < 4.78 is 16.4. The molecule has 17 heavy (non-hydrogen) atoms. The molecule has 0 aromatic heterocycles. The number of rotatable bonds is 1. The average molecular weight is 232 g/mol. The predicted octanol–water partition coefficient (Wildman–Crippen LogP) is 0.807. The lowest BCUT2D eigenvalue weighted by Gasteiger charge is -2.29. The highest BCUT2D eigenvalue weighted by Gasteiger charge is 2.34. The van der Waals surface area contributed by atoms with Gasteiger partial charge >= 0.3 is 0 Å². The molecule has 2 heterocycles. The van der Waals surface area contributed by atoms with E-state index in [1.165, 1.54) is 0 Å². The molecular formula is C13H14N2O2. The Kier molecular flexibility index (Phi) is 1.96. The summed E-state index contributed by atoms with van der Waals surface area (Å²) in [5.74, 6) is -0.667. The molecule has 2 amide bonds. The molecule has 2 aliphatic heterocycles. The molecule has 2 aliphatic rings. The molecule has 0 saturated carbocycles. The Morgan fingerprint density at radius 1 is 1.24 bits per heavy atom. The van der Waals surface area contributed by atoms with E-state index in [2.05, 4.69) is 5.32 Å². The van der Waals surface area contributed by atoms with Crippen LogP contribution >= 0.6 is 0 Å². The van der Waals surface area contributed by atoms with E-state index in [9.17, 15) is 9.59 Å². The smallest absolute Gasteiger partial charge is 0.243 e. The second kappa shape index (κ2) is 3.96. The molecule has 1 aromatic carbocycles. The van der Waals surface area contributed by atoms with Crippen LogP contribution in [0.4, 0.5) is 0 Å². The fraction of sp³-hybridized carbons (Fsp3) is 0.385. The highest BCUT2D eigenvalue weighted by Crippen LogP contribution is 2.26. The lowest BCUT2D eigenvalue weighted by molar-refractivity contribution is -0.137. The Bertz CT molecular complexity index is 520. The quantitative estimate of drug-likeness (QED) is 0.729. The maximum absolute atomic E-state index is 11.9. The van der Waals surface area contributed by atoms with Gasteiger partial charge in [0, 0.05) is 22.2 Å². The van der Waals surface area contributed by atoms with E-state index in [1.54, 1.807) is 4.90 Å². The predicted molar refractivity (Wildman–Crippen MR) is 61.9 cm³/mol. The van der Waals surface area contributed by atoms with Gasteiger partial charge in [-0.2, -0.15) is 0 Å².